The van der Waals surface area contributed by atoms with Crippen LogP contribution < -0.4 is 19.9 Å². The molecule has 0 radical (unpaired) electrons. The minimum Gasteiger partial charge on any atom is -0.493 e. The molecule has 0 amide bonds. The van der Waals surface area contributed by atoms with E-state index in [0.717, 1.165) is 0 Å². The van der Waals surface area contributed by atoms with Crippen molar-refractivity contribution in [3.63, 3.8) is 0 Å². The van der Waals surface area contributed by atoms with Crippen LogP contribution in [0.4, 0.5) is 0 Å². The minimum absolute atomic E-state index is 0.137. The van der Waals surface area contributed by atoms with Gasteiger partial charge in [-0.1, -0.05) is 5.92 Å². The summed E-state index contributed by atoms with van der Waals surface area (Å²) in [7, 11) is 1.48. The number of carbonyl (C=O) groups excluding carboxylic acids is 1. The van der Waals surface area contributed by atoms with Crippen molar-refractivity contribution in [2.24, 2.45) is 5.73 Å². The lowest BCUT2D eigenvalue weighted by Crippen LogP contribution is -2.19. The van der Waals surface area contributed by atoms with E-state index in [1.807, 2.05) is 0 Å². The predicted molar refractivity (Wildman–Crippen MR) is 62.0 cm³/mol. The molecule has 5 heteroatoms. The lowest BCUT2D eigenvalue weighted by atomic mass is 10.3. The molecule has 0 saturated carbocycles. The van der Waals surface area contributed by atoms with Crippen molar-refractivity contribution in [1.82, 2.24) is 0 Å². The number of ether oxygens (including phenoxy) is 3. The highest BCUT2D eigenvalue weighted by Crippen LogP contribution is 2.31. The summed E-state index contributed by atoms with van der Waals surface area (Å²) in [4.78, 5) is 11.0. The zero-order valence-electron chi connectivity index (χ0n) is 9.43. The van der Waals surface area contributed by atoms with E-state index in [1.165, 1.54) is 13.2 Å². The Labute approximate surface area is 99.5 Å². The quantitative estimate of drug-likeness (QED) is 0.459. The molecule has 2 N–H and O–H groups in total. The number of nitrogens with two attached hydrogens (primary N) is 1. The molecular weight excluding hydrogens is 222 g/mol. The summed E-state index contributed by atoms with van der Waals surface area (Å²) in [5.74, 6) is 3.08. The third-order valence-corrected chi connectivity index (χ3v) is 1.84. The highest BCUT2D eigenvalue weighted by atomic mass is 16.5. The van der Waals surface area contributed by atoms with E-state index in [9.17, 15) is 4.79 Å². The van der Waals surface area contributed by atoms with Crippen LogP contribution in [-0.2, 0) is 4.79 Å². The van der Waals surface area contributed by atoms with E-state index in [1.54, 1.807) is 12.1 Å². The molecular formula is C12H13NO4. The Balaban J connectivity index is 2.85. The first-order chi connectivity index (χ1) is 8.21. The Morgan fingerprint density at radius 3 is 2.82 bits per heavy atom. The highest BCUT2D eigenvalue weighted by Gasteiger charge is 2.08. The first-order valence-electron chi connectivity index (χ1n) is 4.86. The molecule has 5 nitrogen and oxygen atoms in total. The maximum atomic E-state index is 11.0. The number of terminal acetylenes is 1. The number of rotatable bonds is 5. The highest BCUT2D eigenvalue weighted by molar-refractivity contribution is 5.74. The zero-order chi connectivity index (χ0) is 12.7. The molecule has 0 atom stereocenters. The maximum Gasteiger partial charge on any atom is 0.325 e. The molecule has 0 aliphatic rings. The van der Waals surface area contributed by atoms with Crippen molar-refractivity contribution >= 4 is 5.97 Å². The summed E-state index contributed by atoms with van der Waals surface area (Å²) in [6, 6.07) is 4.71. The van der Waals surface area contributed by atoms with E-state index >= 15 is 0 Å². The first-order valence-corrected chi connectivity index (χ1v) is 4.86. The second-order valence-corrected chi connectivity index (χ2v) is 2.98. The van der Waals surface area contributed by atoms with Crippen LogP contribution in [0.15, 0.2) is 18.2 Å². The number of hydrogen-bond donors (Lipinski definition) is 1. The van der Waals surface area contributed by atoms with Crippen LogP contribution in [0, 0.1) is 12.3 Å². The Morgan fingerprint density at radius 2 is 2.24 bits per heavy atom. The molecule has 0 heterocycles. The van der Waals surface area contributed by atoms with Crippen molar-refractivity contribution in [2.45, 2.75) is 0 Å². The second kappa shape index (κ2) is 6.40. The summed E-state index contributed by atoms with van der Waals surface area (Å²) in [5, 5.41) is 0. The van der Waals surface area contributed by atoms with Gasteiger partial charge >= 0.3 is 5.97 Å². The number of methoxy groups -OCH3 is 1. The number of benzene rings is 1. The van der Waals surface area contributed by atoms with Gasteiger partial charge in [0.15, 0.2) is 11.5 Å². The Kier molecular flexibility index (Phi) is 4.85. The summed E-state index contributed by atoms with van der Waals surface area (Å²) in [6.45, 7) is -0.0457. The Bertz CT molecular complexity index is 437. The molecule has 0 aliphatic heterocycles. The fraction of sp³-hybridized carbons (Fsp3) is 0.250. The molecule has 1 aromatic rings. The summed E-state index contributed by atoms with van der Waals surface area (Å²) >= 11 is 0. The van der Waals surface area contributed by atoms with Crippen LogP contribution in [0.3, 0.4) is 0 Å². The van der Waals surface area contributed by atoms with Crippen LogP contribution in [0.25, 0.3) is 0 Å². The van der Waals surface area contributed by atoms with Gasteiger partial charge in [0.1, 0.15) is 12.4 Å². The van der Waals surface area contributed by atoms with Crippen molar-refractivity contribution in [1.29, 1.82) is 0 Å². The number of hydrogen-bond acceptors (Lipinski definition) is 5. The molecule has 90 valence electrons. The molecule has 0 bridgehead atoms. The summed E-state index contributed by atoms with van der Waals surface area (Å²) in [6.07, 6.45) is 5.08. The lowest BCUT2D eigenvalue weighted by molar-refractivity contribution is -0.132. The second-order valence-electron chi connectivity index (χ2n) is 2.98. The van der Waals surface area contributed by atoms with Gasteiger partial charge in [-0.2, -0.15) is 0 Å². The average molecular weight is 235 g/mol. The number of esters is 1. The zero-order valence-corrected chi connectivity index (χ0v) is 9.43. The van der Waals surface area contributed by atoms with Gasteiger partial charge in [-0.25, -0.2) is 0 Å². The van der Waals surface area contributed by atoms with Crippen LogP contribution in [-0.4, -0.2) is 26.2 Å². The van der Waals surface area contributed by atoms with E-state index in [0.29, 0.717) is 17.2 Å². The van der Waals surface area contributed by atoms with Crippen LogP contribution in [0.1, 0.15) is 0 Å². The monoisotopic (exact) mass is 235 g/mol. The normalized spacial score (nSPS) is 9.24. The average Bonchev–Trinajstić information content (AvgIpc) is 2.36. The van der Waals surface area contributed by atoms with E-state index < -0.39 is 5.97 Å². The van der Waals surface area contributed by atoms with Crippen molar-refractivity contribution < 1.29 is 19.0 Å². The minimum atomic E-state index is -0.524. The predicted octanol–water partition coefficient (Wildman–Crippen LogP) is 0.571. The third kappa shape index (κ3) is 3.70. The smallest absolute Gasteiger partial charge is 0.325 e. The Morgan fingerprint density at radius 1 is 1.47 bits per heavy atom. The third-order valence-electron chi connectivity index (χ3n) is 1.84. The van der Waals surface area contributed by atoms with E-state index in [2.05, 4.69) is 5.92 Å². The van der Waals surface area contributed by atoms with Gasteiger partial charge in [-0.15, -0.1) is 6.42 Å². The summed E-state index contributed by atoms with van der Waals surface area (Å²) in [5.41, 5.74) is 5.13. The first kappa shape index (κ1) is 12.9. The van der Waals surface area contributed by atoms with Gasteiger partial charge in [0, 0.05) is 6.07 Å². The van der Waals surface area contributed by atoms with Gasteiger partial charge in [0.2, 0.25) is 0 Å². The summed E-state index contributed by atoms with van der Waals surface area (Å²) < 4.78 is 15.2. The van der Waals surface area contributed by atoms with Gasteiger partial charge in [0.05, 0.1) is 13.7 Å². The molecule has 0 spiro atoms. The molecule has 0 aliphatic carbocycles. The molecule has 0 aromatic heterocycles. The van der Waals surface area contributed by atoms with Crippen LogP contribution >= 0.6 is 0 Å². The van der Waals surface area contributed by atoms with Gasteiger partial charge in [-0.05, 0) is 12.1 Å². The van der Waals surface area contributed by atoms with Crippen LogP contribution in [0.2, 0.25) is 0 Å². The molecule has 1 rings (SSSR count). The number of carbonyl (C=O) groups is 1. The van der Waals surface area contributed by atoms with Crippen molar-refractivity contribution in [3.8, 4) is 29.6 Å². The largest absolute Gasteiger partial charge is 0.493 e. The van der Waals surface area contributed by atoms with Gasteiger partial charge in [0.25, 0.3) is 0 Å². The van der Waals surface area contributed by atoms with Gasteiger partial charge < -0.3 is 19.9 Å². The molecule has 17 heavy (non-hydrogen) atoms. The molecule has 0 unspecified atom stereocenters. The fourth-order valence-corrected chi connectivity index (χ4v) is 1.12. The standard InChI is InChI=1S/C12H13NO4/c1-3-6-16-10-5-4-9(7-11(10)15-2)17-12(14)8-13/h1,4-5,7H,6,8,13H2,2H3. The van der Waals surface area contributed by atoms with Crippen molar-refractivity contribution in [3.05, 3.63) is 18.2 Å². The molecule has 1 aromatic carbocycles. The Hall–Kier alpha value is -2.19. The van der Waals surface area contributed by atoms with E-state index in [-0.39, 0.29) is 13.2 Å². The topological polar surface area (TPSA) is 70.8 Å². The van der Waals surface area contributed by atoms with E-state index in [4.69, 9.17) is 26.4 Å². The van der Waals surface area contributed by atoms with Crippen LogP contribution in [0.5, 0.6) is 17.2 Å². The van der Waals surface area contributed by atoms with Crippen molar-refractivity contribution in [2.75, 3.05) is 20.3 Å². The SMILES string of the molecule is C#CCOc1ccc(OC(=O)CN)cc1OC. The molecule has 0 saturated heterocycles. The lowest BCUT2D eigenvalue weighted by Gasteiger charge is -2.10. The van der Waals surface area contributed by atoms with Gasteiger partial charge in [-0.3, -0.25) is 4.79 Å². The molecule has 0 fully saturated rings. The maximum absolute atomic E-state index is 11.0. The fourth-order valence-electron chi connectivity index (χ4n) is 1.12.